The number of nitrogens with zero attached hydrogens (tertiary/aromatic N) is 1. The summed E-state index contributed by atoms with van der Waals surface area (Å²) in [6.45, 7) is 14.3. The van der Waals surface area contributed by atoms with E-state index in [9.17, 15) is 30.2 Å². The molecular weight excluding hydrogens is 466 g/mol. The van der Waals surface area contributed by atoms with Crippen molar-refractivity contribution in [3.05, 3.63) is 23.0 Å². The Kier molecular flexibility index (Phi) is 6.36. The molecule has 0 saturated heterocycles. The number of allylic oxidation sites excluding steroid dienone is 3. The summed E-state index contributed by atoms with van der Waals surface area (Å²) in [5.74, 6) is -1.06. The highest BCUT2D eigenvalue weighted by Gasteiger charge is 2.69. The molecule has 2 saturated carbocycles. The van der Waals surface area contributed by atoms with E-state index in [4.69, 9.17) is 0 Å². The fourth-order valence-corrected chi connectivity index (χ4v) is 8.66. The number of carbonyl (C=O) groups excluding carboxylic acids is 1. The quantitative estimate of drug-likeness (QED) is 0.370. The van der Waals surface area contributed by atoms with Gasteiger partial charge in [0, 0.05) is 11.3 Å². The first kappa shape index (κ1) is 27.9. The molecule has 0 heterocycles. The van der Waals surface area contributed by atoms with Gasteiger partial charge in [-0.05, 0) is 93.0 Å². The van der Waals surface area contributed by atoms with E-state index in [0.29, 0.717) is 44.1 Å². The van der Waals surface area contributed by atoms with Crippen LogP contribution in [-0.4, -0.2) is 32.7 Å². The SMILES string of the molecule is C[C@@H]1C(O)=C(C#N)C[C@]2(C)C3=CC(=O)[C@]4(O)CCC(C)(C)CC[C@](C)(C(=O)O)CC[C@@]4(C)[C@]3(C)CC[C@@H]12. The van der Waals surface area contributed by atoms with Crippen LogP contribution in [-0.2, 0) is 9.59 Å². The average Bonchev–Trinajstić information content (AvgIpc) is 2.83. The van der Waals surface area contributed by atoms with Crippen molar-refractivity contribution >= 4 is 11.8 Å². The summed E-state index contributed by atoms with van der Waals surface area (Å²) in [6.07, 6.45) is 6.66. The van der Waals surface area contributed by atoms with Crippen molar-refractivity contribution in [3.63, 3.8) is 0 Å². The highest BCUT2D eigenvalue weighted by Crippen LogP contribution is 2.71. The molecule has 4 aliphatic carbocycles. The summed E-state index contributed by atoms with van der Waals surface area (Å²) in [4.78, 5) is 26.6. The normalized spacial score (nSPS) is 46.0. The van der Waals surface area contributed by atoms with Crippen LogP contribution in [0.2, 0.25) is 0 Å². The summed E-state index contributed by atoms with van der Waals surface area (Å²) in [5.41, 5.74) is -3.34. The van der Waals surface area contributed by atoms with Crippen molar-refractivity contribution in [2.75, 3.05) is 0 Å². The van der Waals surface area contributed by atoms with Gasteiger partial charge in [-0.3, -0.25) is 9.59 Å². The minimum atomic E-state index is -1.60. The van der Waals surface area contributed by atoms with E-state index in [0.717, 1.165) is 24.8 Å². The van der Waals surface area contributed by atoms with Gasteiger partial charge >= 0.3 is 5.97 Å². The third kappa shape index (κ3) is 3.74. The number of aliphatic hydroxyl groups is 2. The van der Waals surface area contributed by atoms with Crippen LogP contribution in [0.4, 0.5) is 0 Å². The largest absolute Gasteiger partial charge is 0.511 e. The fraction of sp³-hybridized carbons (Fsp3) is 0.774. The summed E-state index contributed by atoms with van der Waals surface area (Å²) >= 11 is 0. The lowest BCUT2D eigenvalue weighted by molar-refractivity contribution is -0.185. The summed E-state index contributed by atoms with van der Waals surface area (Å²) < 4.78 is 0. The minimum absolute atomic E-state index is 0.0780. The van der Waals surface area contributed by atoms with Crippen LogP contribution < -0.4 is 0 Å². The molecule has 0 aliphatic heterocycles. The number of carboxylic acids is 1. The van der Waals surface area contributed by atoms with Crippen molar-refractivity contribution in [3.8, 4) is 6.07 Å². The highest BCUT2D eigenvalue weighted by molar-refractivity contribution is 6.00. The van der Waals surface area contributed by atoms with Gasteiger partial charge in [0.05, 0.1) is 17.1 Å². The van der Waals surface area contributed by atoms with Crippen molar-refractivity contribution in [2.24, 2.45) is 38.9 Å². The molecule has 6 heteroatoms. The lowest BCUT2D eigenvalue weighted by atomic mass is 9.38. The maximum atomic E-state index is 14.1. The predicted molar refractivity (Wildman–Crippen MR) is 141 cm³/mol. The molecule has 0 spiro atoms. The number of hydrogen-bond acceptors (Lipinski definition) is 5. The van der Waals surface area contributed by atoms with Crippen LogP contribution in [0, 0.1) is 50.2 Å². The van der Waals surface area contributed by atoms with Gasteiger partial charge in [0.15, 0.2) is 5.78 Å². The van der Waals surface area contributed by atoms with Gasteiger partial charge in [0.1, 0.15) is 11.4 Å². The number of hydrogen-bond donors (Lipinski definition) is 3. The Morgan fingerprint density at radius 2 is 1.59 bits per heavy atom. The summed E-state index contributed by atoms with van der Waals surface area (Å²) in [5, 5.41) is 43.2. The predicted octanol–water partition coefficient (Wildman–Crippen LogP) is 6.50. The molecule has 3 N–H and O–H groups in total. The smallest absolute Gasteiger partial charge is 0.309 e. The summed E-state index contributed by atoms with van der Waals surface area (Å²) in [7, 11) is 0. The topological polar surface area (TPSA) is 119 Å². The van der Waals surface area contributed by atoms with Gasteiger partial charge in [-0.1, -0.05) is 47.1 Å². The number of carbonyl (C=O) groups is 2. The molecule has 0 aromatic rings. The molecule has 7 atom stereocenters. The van der Waals surface area contributed by atoms with Crippen molar-refractivity contribution in [2.45, 2.75) is 112 Å². The molecule has 0 unspecified atom stereocenters. The van der Waals surface area contributed by atoms with Gasteiger partial charge in [-0.2, -0.15) is 5.26 Å². The molecule has 37 heavy (non-hydrogen) atoms. The van der Waals surface area contributed by atoms with E-state index in [1.165, 1.54) is 0 Å². The molecule has 4 rings (SSSR count). The maximum absolute atomic E-state index is 14.1. The van der Waals surface area contributed by atoms with E-state index < -0.39 is 33.2 Å². The number of rotatable bonds is 1. The monoisotopic (exact) mass is 511 g/mol. The number of carboxylic acid groups (broad SMARTS) is 1. The third-order valence-corrected chi connectivity index (χ3v) is 12.0. The standard InChI is InChI=1S/C31H45NO5/c1-19-21-8-9-29(6)22(28(21,5)17-20(18-32)24(19)34)16-23(33)31(37)15-11-26(2,3)10-12-27(4,25(35)36)13-14-30(29,31)7/h16,19,21,34,37H,8-15,17H2,1-7H3,(H,35,36)/t19-,21-,27-,28-,29+,30-,31+/m0/s1. The van der Waals surface area contributed by atoms with Gasteiger partial charge in [0.2, 0.25) is 0 Å². The fourth-order valence-electron chi connectivity index (χ4n) is 8.66. The number of aliphatic carboxylic acids is 1. The molecule has 204 valence electrons. The summed E-state index contributed by atoms with van der Waals surface area (Å²) in [6, 6.07) is 2.20. The molecule has 0 radical (unpaired) electrons. The van der Waals surface area contributed by atoms with E-state index >= 15 is 0 Å². The number of ketones is 1. The molecule has 0 aromatic heterocycles. The van der Waals surface area contributed by atoms with Crippen molar-refractivity contribution in [1.29, 1.82) is 5.26 Å². The zero-order chi connectivity index (χ0) is 27.8. The first-order chi connectivity index (χ1) is 16.9. The van der Waals surface area contributed by atoms with Gasteiger partial charge in [0.25, 0.3) is 0 Å². The van der Waals surface area contributed by atoms with Crippen LogP contribution in [0.25, 0.3) is 0 Å². The van der Waals surface area contributed by atoms with Crippen LogP contribution in [0.5, 0.6) is 0 Å². The second-order valence-electron chi connectivity index (χ2n) is 14.5. The zero-order valence-corrected chi connectivity index (χ0v) is 23.7. The minimum Gasteiger partial charge on any atom is -0.511 e. The molecular formula is C31H45NO5. The maximum Gasteiger partial charge on any atom is 0.309 e. The first-order valence-electron chi connectivity index (χ1n) is 14.0. The average molecular weight is 512 g/mol. The Morgan fingerprint density at radius 1 is 1.00 bits per heavy atom. The zero-order valence-electron chi connectivity index (χ0n) is 23.7. The Labute approximate surface area is 221 Å². The van der Waals surface area contributed by atoms with Crippen LogP contribution >= 0.6 is 0 Å². The number of fused-ring (bicyclic) bond motifs is 5. The molecule has 4 aliphatic rings. The number of nitriles is 1. The Hall–Kier alpha value is -2.13. The third-order valence-electron chi connectivity index (χ3n) is 12.0. The van der Waals surface area contributed by atoms with Crippen molar-refractivity contribution < 1.29 is 24.9 Å². The molecule has 6 nitrogen and oxygen atoms in total. The van der Waals surface area contributed by atoms with E-state index in [-0.39, 0.29) is 28.8 Å². The van der Waals surface area contributed by atoms with Crippen molar-refractivity contribution in [1.82, 2.24) is 0 Å². The van der Waals surface area contributed by atoms with E-state index in [1.54, 1.807) is 6.08 Å². The van der Waals surface area contributed by atoms with Gasteiger partial charge in [-0.15, -0.1) is 0 Å². The van der Waals surface area contributed by atoms with E-state index in [1.807, 2.05) is 20.8 Å². The second-order valence-corrected chi connectivity index (χ2v) is 14.5. The van der Waals surface area contributed by atoms with Gasteiger partial charge in [-0.25, -0.2) is 0 Å². The second kappa shape index (κ2) is 8.43. The molecule has 0 aromatic carbocycles. The first-order valence-corrected chi connectivity index (χ1v) is 14.0. The van der Waals surface area contributed by atoms with Crippen LogP contribution in [0.1, 0.15) is 106 Å². The van der Waals surface area contributed by atoms with Crippen LogP contribution in [0.15, 0.2) is 23.0 Å². The molecule has 2 fully saturated rings. The lowest BCUT2D eigenvalue weighted by Gasteiger charge is -2.66. The lowest BCUT2D eigenvalue weighted by Crippen LogP contribution is -2.66. The molecule has 0 bridgehead atoms. The van der Waals surface area contributed by atoms with Gasteiger partial charge < -0.3 is 15.3 Å². The Morgan fingerprint density at radius 3 is 2.19 bits per heavy atom. The molecule has 0 amide bonds. The number of aliphatic hydroxyl groups excluding tert-OH is 1. The Bertz CT molecular complexity index is 1130. The Balaban J connectivity index is 1.91. The van der Waals surface area contributed by atoms with Crippen LogP contribution in [0.3, 0.4) is 0 Å². The van der Waals surface area contributed by atoms with E-state index in [2.05, 4.69) is 33.8 Å². The highest BCUT2D eigenvalue weighted by atomic mass is 16.4.